The highest BCUT2D eigenvalue weighted by Crippen LogP contribution is 2.41. The Kier molecular flexibility index (Phi) is 6.12. The summed E-state index contributed by atoms with van der Waals surface area (Å²) in [4.78, 5) is 17.0. The van der Waals surface area contributed by atoms with Crippen molar-refractivity contribution in [2.24, 2.45) is 0 Å². The van der Waals surface area contributed by atoms with Crippen LogP contribution in [0.4, 0.5) is 10.5 Å². The average Bonchev–Trinajstić information content (AvgIpc) is 3.52. The van der Waals surface area contributed by atoms with Crippen molar-refractivity contribution in [1.29, 1.82) is 0 Å². The Morgan fingerprint density at radius 2 is 1.50 bits per heavy atom. The van der Waals surface area contributed by atoms with Crippen molar-refractivity contribution in [3.8, 4) is 11.1 Å². The lowest BCUT2D eigenvalue weighted by molar-refractivity contribution is 0.0784. The largest absolute Gasteiger partial charge is 0.386 e. The van der Waals surface area contributed by atoms with E-state index in [9.17, 15) is 18.3 Å². The minimum absolute atomic E-state index is 0.0940. The maximum atomic E-state index is 13.4. The van der Waals surface area contributed by atoms with Gasteiger partial charge < -0.3 is 10.4 Å². The molecule has 0 spiro atoms. The van der Waals surface area contributed by atoms with Crippen LogP contribution in [0.15, 0.2) is 47.6 Å². The number of fused-ring (bicyclic) bond motifs is 2. The summed E-state index contributed by atoms with van der Waals surface area (Å²) in [6.07, 6.45) is 9.05. The van der Waals surface area contributed by atoms with Gasteiger partial charge in [-0.25, -0.2) is 17.9 Å². The van der Waals surface area contributed by atoms with Gasteiger partial charge in [-0.3, -0.25) is 4.98 Å². The second kappa shape index (κ2) is 9.01. The first-order valence-corrected chi connectivity index (χ1v) is 13.8. The fourth-order valence-electron chi connectivity index (χ4n) is 5.52. The lowest BCUT2D eigenvalue weighted by Gasteiger charge is -2.21. The van der Waals surface area contributed by atoms with E-state index in [2.05, 4.69) is 21.9 Å². The van der Waals surface area contributed by atoms with E-state index in [-0.39, 0.29) is 4.90 Å². The summed E-state index contributed by atoms with van der Waals surface area (Å²) < 4.78 is 28.9. The van der Waals surface area contributed by atoms with Crippen molar-refractivity contribution in [2.75, 3.05) is 5.32 Å². The number of aromatic nitrogens is 1. The van der Waals surface area contributed by atoms with Crippen LogP contribution < -0.4 is 10.0 Å². The third-order valence-electron chi connectivity index (χ3n) is 7.35. The summed E-state index contributed by atoms with van der Waals surface area (Å²) in [5.41, 5.74) is 7.51. The lowest BCUT2D eigenvalue weighted by Crippen LogP contribution is -2.35. The Bertz CT molecular complexity index is 1420. The monoisotopic (exact) mass is 505 g/mol. The second-order valence-corrected chi connectivity index (χ2v) is 11.9. The van der Waals surface area contributed by atoms with Crippen LogP contribution in [0.25, 0.3) is 11.1 Å². The molecule has 3 N–H and O–H groups in total. The van der Waals surface area contributed by atoms with Gasteiger partial charge in [-0.2, -0.15) is 0 Å². The Hall–Kier alpha value is -3.23. The average molecular weight is 506 g/mol. The van der Waals surface area contributed by atoms with Crippen LogP contribution in [-0.4, -0.2) is 24.5 Å². The van der Waals surface area contributed by atoms with Gasteiger partial charge in [-0.1, -0.05) is 0 Å². The third kappa shape index (κ3) is 4.51. The van der Waals surface area contributed by atoms with E-state index in [0.717, 1.165) is 60.9 Å². The van der Waals surface area contributed by atoms with Crippen molar-refractivity contribution in [1.82, 2.24) is 9.71 Å². The smallest absolute Gasteiger partial charge is 0.333 e. The number of amides is 2. The number of hydrogen-bond acceptors (Lipinski definition) is 5. The number of rotatable bonds is 5. The fraction of sp³-hybridized carbons (Fsp3) is 0.357. The number of carbonyl (C=O) groups excluding carboxylic acids is 1. The molecule has 7 nitrogen and oxygen atoms in total. The zero-order valence-corrected chi connectivity index (χ0v) is 21.6. The number of urea groups is 1. The van der Waals surface area contributed by atoms with Crippen LogP contribution in [0.5, 0.6) is 0 Å². The van der Waals surface area contributed by atoms with Gasteiger partial charge in [-0.15, -0.1) is 0 Å². The maximum Gasteiger partial charge on any atom is 0.333 e. The number of anilines is 1. The molecule has 3 aromatic rings. The minimum Gasteiger partial charge on any atom is -0.386 e. The minimum atomic E-state index is -4.22. The first-order chi connectivity index (χ1) is 17.0. The molecule has 0 saturated carbocycles. The molecule has 8 heteroatoms. The second-order valence-electron chi connectivity index (χ2n) is 10.2. The van der Waals surface area contributed by atoms with Crippen molar-refractivity contribution in [3.05, 3.63) is 76.1 Å². The summed E-state index contributed by atoms with van der Waals surface area (Å²) in [6, 6.07) is 7.40. The molecular formula is C28H31N3O4S. The van der Waals surface area contributed by atoms with Crippen LogP contribution in [0.3, 0.4) is 0 Å². The van der Waals surface area contributed by atoms with Gasteiger partial charge in [0.2, 0.25) is 0 Å². The predicted octanol–water partition coefficient (Wildman–Crippen LogP) is 4.77. The Labute approximate surface area is 212 Å². The molecule has 0 fully saturated rings. The van der Waals surface area contributed by atoms with E-state index < -0.39 is 21.7 Å². The van der Waals surface area contributed by atoms with Crippen molar-refractivity contribution in [2.45, 2.75) is 69.8 Å². The predicted molar refractivity (Wildman–Crippen MR) is 139 cm³/mol. The van der Waals surface area contributed by atoms with E-state index in [1.165, 1.54) is 28.8 Å². The number of nitrogens with zero attached hydrogens (tertiary/aromatic N) is 1. The molecule has 36 heavy (non-hydrogen) atoms. The van der Waals surface area contributed by atoms with Gasteiger partial charge in [0.05, 0.1) is 10.5 Å². The van der Waals surface area contributed by atoms with E-state index in [1.54, 1.807) is 44.4 Å². The summed E-state index contributed by atoms with van der Waals surface area (Å²) >= 11 is 0. The zero-order valence-electron chi connectivity index (χ0n) is 20.8. The molecule has 0 radical (unpaired) electrons. The van der Waals surface area contributed by atoms with E-state index >= 15 is 0 Å². The Morgan fingerprint density at radius 1 is 0.917 bits per heavy atom. The van der Waals surface area contributed by atoms with E-state index in [1.807, 2.05) is 0 Å². The number of benzene rings is 2. The molecule has 5 rings (SSSR count). The fourth-order valence-corrected chi connectivity index (χ4v) is 6.50. The Morgan fingerprint density at radius 3 is 2.08 bits per heavy atom. The molecule has 2 aromatic carbocycles. The number of carbonyl (C=O) groups is 1. The van der Waals surface area contributed by atoms with Gasteiger partial charge in [-0.05, 0) is 134 Å². The molecular weight excluding hydrogens is 474 g/mol. The Balaban J connectivity index is 1.48. The summed E-state index contributed by atoms with van der Waals surface area (Å²) in [5, 5.41) is 13.5. The molecule has 1 aromatic heterocycles. The van der Waals surface area contributed by atoms with Crippen LogP contribution in [0.2, 0.25) is 0 Å². The molecule has 2 aliphatic rings. The van der Waals surface area contributed by atoms with Crippen LogP contribution in [-0.2, 0) is 41.3 Å². The lowest BCUT2D eigenvalue weighted by atomic mass is 9.93. The van der Waals surface area contributed by atoms with E-state index in [4.69, 9.17) is 0 Å². The number of aliphatic hydroxyl groups is 1. The number of nitrogens with one attached hydrogen (secondary N) is 2. The molecule has 1 heterocycles. The molecule has 0 saturated heterocycles. The molecule has 2 amide bonds. The summed E-state index contributed by atoms with van der Waals surface area (Å²) in [7, 11) is -4.22. The number of pyridine rings is 1. The number of sulfonamides is 1. The van der Waals surface area contributed by atoms with Crippen molar-refractivity contribution < 1.29 is 18.3 Å². The topological polar surface area (TPSA) is 108 Å². The number of hydrogen-bond donors (Lipinski definition) is 3. The van der Waals surface area contributed by atoms with Crippen LogP contribution in [0, 0.1) is 6.92 Å². The standard InChI is InChI=1S/C28H31N3O4S/c1-17-22-6-4-8-24(22)26(25-9-5-7-23(17)25)30-27(32)31-36(34,35)21-15-19(18-10-12-29-13-11-18)14-20(16-21)28(2,3)33/h10-16,33H,4-9H2,1-3H3,(H2,30,31,32). The zero-order chi connectivity index (χ0) is 25.7. The molecule has 0 bridgehead atoms. The SMILES string of the molecule is Cc1c2c(c(NC(=O)NS(=O)(=O)c3cc(-c4ccncc4)cc(C(C)(C)O)c3)c3c1CCC3)CCC2. The highest BCUT2D eigenvalue weighted by atomic mass is 32.2. The van der Waals surface area contributed by atoms with Gasteiger partial charge in [0.15, 0.2) is 0 Å². The van der Waals surface area contributed by atoms with Gasteiger partial charge in [0, 0.05) is 18.1 Å². The van der Waals surface area contributed by atoms with E-state index in [0.29, 0.717) is 11.1 Å². The first-order valence-electron chi connectivity index (χ1n) is 12.3. The van der Waals surface area contributed by atoms with Crippen molar-refractivity contribution in [3.63, 3.8) is 0 Å². The van der Waals surface area contributed by atoms with Gasteiger partial charge in [0.1, 0.15) is 0 Å². The third-order valence-corrected chi connectivity index (χ3v) is 8.66. The van der Waals surface area contributed by atoms with Gasteiger partial charge in [0.25, 0.3) is 10.0 Å². The molecule has 0 aliphatic heterocycles. The van der Waals surface area contributed by atoms with Crippen molar-refractivity contribution >= 4 is 21.7 Å². The molecule has 188 valence electrons. The molecule has 0 unspecified atom stereocenters. The summed E-state index contributed by atoms with van der Waals surface area (Å²) in [5.74, 6) is 0. The van der Waals surface area contributed by atoms with Crippen LogP contribution >= 0.6 is 0 Å². The summed E-state index contributed by atoms with van der Waals surface area (Å²) in [6.45, 7) is 5.35. The first kappa shape index (κ1) is 24.5. The normalized spacial score (nSPS) is 14.9. The van der Waals surface area contributed by atoms with Gasteiger partial charge >= 0.3 is 6.03 Å². The quantitative estimate of drug-likeness (QED) is 0.463. The molecule has 2 aliphatic carbocycles. The highest BCUT2D eigenvalue weighted by molar-refractivity contribution is 7.90. The van der Waals surface area contributed by atoms with Crippen LogP contribution in [0.1, 0.15) is 60.1 Å². The molecule has 0 atom stereocenters. The maximum absolute atomic E-state index is 13.4. The highest BCUT2D eigenvalue weighted by Gasteiger charge is 2.29.